The van der Waals surface area contributed by atoms with Crippen molar-refractivity contribution in [3.05, 3.63) is 23.3 Å². The van der Waals surface area contributed by atoms with Gasteiger partial charge in [-0.2, -0.15) is 0 Å². The Kier molecular flexibility index (Phi) is 6.03. The minimum absolute atomic E-state index is 0.0297. The van der Waals surface area contributed by atoms with Crippen molar-refractivity contribution in [1.29, 1.82) is 0 Å². The van der Waals surface area contributed by atoms with E-state index in [-0.39, 0.29) is 23.4 Å². The number of rotatable bonds is 3. The highest BCUT2D eigenvalue weighted by atomic mass is 16.7. The summed E-state index contributed by atoms with van der Waals surface area (Å²) in [5.74, 6) is 1.83. The number of aromatic hydroxyl groups is 1. The summed E-state index contributed by atoms with van der Waals surface area (Å²) in [6.45, 7) is 10.2. The lowest BCUT2D eigenvalue weighted by Gasteiger charge is -2.58. The number of hydrogen-bond acceptors (Lipinski definition) is 5. The van der Waals surface area contributed by atoms with Gasteiger partial charge in [0.15, 0.2) is 11.5 Å². The minimum atomic E-state index is -0.0706. The highest BCUT2D eigenvalue weighted by Crippen LogP contribution is 2.62. The van der Waals surface area contributed by atoms with Gasteiger partial charge >= 0.3 is 0 Å². The predicted octanol–water partition coefficient (Wildman–Crippen LogP) is 3.85. The number of nitrogens with zero attached hydrogens (tertiary/aromatic N) is 1. The molecule has 5 rings (SSSR count). The van der Waals surface area contributed by atoms with Crippen LogP contribution in [0.3, 0.4) is 0 Å². The van der Waals surface area contributed by atoms with Gasteiger partial charge in [0.25, 0.3) is 0 Å². The highest BCUT2D eigenvalue weighted by Gasteiger charge is 2.65. The summed E-state index contributed by atoms with van der Waals surface area (Å²) in [5, 5.41) is 10.6. The van der Waals surface area contributed by atoms with E-state index in [4.69, 9.17) is 14.2 Å². The molecule has 1 spiro atoms. The molecule has 1 aromatic carbocycles. The number of terminal acetylenes is 1. The zero-order valence-corrected chi connectivity index (χ0v) is 18.5. The molecule has 30 heavy (non-hydrogen) atoms. The average molecular weight is 414 g/mol. The minimum Gasteiger partial charge on any atom is -0.504 e. The molecule has 0 amide bonds. The van der Waals surface area contributed by atoms with E-state index < -0.39 is 0 Å². The van der Waals surface area contributed by atoms with E-state index in [2.05, 4.69) is 44.6 Å². The van der Waals surface area contributed by atoms with Gasteiger partial charge in [0, 0.05) is 22.9 Å². The number of phenolic OH excluding ortho intramolecular Hbond substituents is 1. The van der Waals surface area contributed by atoms with E-state index in [1.165, 1.54) is 30.5 Å². The van der Waals surface area contributed by atoms with Gasteiger partial charge in [0.05, 0.1) is 6.61 Å². The molecule has 3 fully saturated rings. The fourth-order valence-electron chi connectivity index (χ4n) is 6.67. The Labute approximate surface area is 180 Å². The van der Waals surface area contributed by atoms with Crippen LogP contribution >= 0.6 is 0 Å². The van der Waals surface area contributed by atoms with Crippen molar-refractivity contribution < 1.29 is 19.3 Å². The topological polar surface area (TPSA) is 51.2 Å². The fourth-order valence-corrected chi connectivity index (χ4v) is 6.67. The molecular formula is C25H35NO4. The van der Waals surface area contributed by atoms with Crippen LogP contribution in [0, 0.1) is 31.6 Å². The van der Waals surface area contributed by atoms with E-state index in [0.717, 1.165) is 26.0 Å². The van der Waals surface area contributed by atoms with Crippen LogP contribution in [0.2, 0.25) is 0 Å². The second kappa shape index (κ2) is 8.42. The first-order valence-corrected chi connectivity index (χ1v) is 11.3. The van der Waals surface area contributed by atoms with Crippen molar-refractivity contribution in [1.82, 2.24) is 4.90 Å². The Morgan fingerprint density at radius 3 is 2.87 bits per heavy atom. The molecule has 3 heterocycles. The lowest BCUT2D eigenvalue weighted by molar-refractivity contribution is -0.233. The van der Waals surface area contributed by atoms with Gasteiger partial charge in [-0.25, -0.2) is 0 Å². The molecule has 5 nitrogen and oxygen atoms in total. The zero-order chi connectivity index (χ0) is 21.5. The molecule has 2 saturated heterocycles. The predicted molar refractivity (Wildman–Crippen MR) is 117 cm³/mol. The average Bonchev–Trinajstić information content (AvgIpc) is 3.13. The van der Waals surface area contributed by atoms with Gasteiger partial charge in [-0.15, -0.1) is 12.8 Å². The number of unbranched alkanes of at least 4 members (excludes halogenated alkanes) is 1. The van der Waals surface area contributed by atoms with Crippen molar-refractivity contribution in [3.8, 4) is 24.3 Å². The summed E-state index contributed by atoms with van der Waals surface area (Å²) in [6, 6.07) is 4.32. The molecular weight excluding hydrogens is 378 g/mol. The Hall–Kier alpha value is -1.74. The normalized spacial score (nSPS) is 36.9. The Morgan fingerprint density at radius 1 is 1.30 bits per heavy atom. The number of fused-ring (bicyclic) bond motifs is 3. The number of ether oxygens (including phenoxy) is 3. The number of benzene rings is 1. The summed E-state index contributed by atoms with van der Waals surface area (Å²) in [4.78, 5) is 2.68. The van der Waals surface area contributed by atoms with Crippen LogP contribution in [0.5, 0.6) is 11.5 Å². The van der Waals surface area contributed by atoms with Gasteiger partial charge in [-0.1, -0.05) is 19.4 Å². The second-order valence-corrected chi connectivity index (χ2v) is 9.29. The van der Waals surface area contributed by atoms with Crippen molar-refractivity contribution in [2.45, 2.75) is 70.1 Å². The molecule has 1 aliphatic carbocycles. The van der Waals surface area contributed by atoms with Crippen LogP contribution < -0.4 is 4.74 Å². The smallest absolute Gasteiger partial charge is 0.165 e. The van der Waals surface area contributed by atoms with Crippen molar-refractivity contribution in [2.24, 2.45) is 11.8 Å². The molecule has 4 aliphatic rings. The first kappa shape index (κ1) is 21.5. The first-order valence-electron chi connectivity index (χ1n) is 11.3. The number of aryl methyl sites for hydroxylation is 1. The summed E-state index contributed by atoms with van der Waals surface area (Å²) in [6.07, 6.45) is 12.7. The SMILES string of the molecule is C#C.CCCCN1CCC23c4c(C)ccc(O)c4O[C@H]2C2OCOCC2CC3C1C. The summed E-state index contributed by atoms with van der Waals surface area (Å²) in [5.41, 5.74) is 2.41. The largest absolute Gasteiger partial charge is 0.504 e. The molecule has 5 unspecified atom stereocenters. The van der Waals surface area contributed by atoms with E-state index in [1.807, 2.05) is 0 Å². The monoisotopic (exact) mass is 413 g/mol. The van der Waals surface area contributed by atoms with Crippen LogP contribution in [-0.2, 0) is 14.9 Å². The third-order valence-electron chi connectivity index (χ3n) is 7.99. The fraction of sp³-hybridized carbons (Fsp3) is 0.680. The number of phenols is 1. The van der Waals surface area contributed by atoms with Crippen molar-refractivity contribution in [2.75, 3.05) is 26.5 Å². The van der Waals surface area contributed by atoms with Crippen molar-refractivity contribution >= 4 is 0 Å². The molecule has 3 aliphatic heterocycles. The Balaban J connectivity index is 0.00000106. The van der Waals surface area contributed by atoms with Crippen LogP contribution in [-0.4, -0.2) is 54.7 Å². The molecule has 1 aromatic rings. The van der Waals surface area contributed by atoms with Gasteiger partial charge < -0.3 is 24.2 Å². The first-order chi connectivity index (χ1) is 14.6. The number of hydrogen-bond donors (Lipinski definition) is 1. The molecule has 1 saturated carbocycles. The molecule has 164 valence electrons. The molecule has 0 bridgehead atoms. The van der Waals surface area contributed by atoms with Gasteiger partial charge in [0.1, 0.15) is 19.0 Å². The molecule has 0 aromatic heterocycles. The molecule has 1 N–H and O–H groups in total. The Bertz CT molecular complexity index is 793. The van der Waals surface area contributed by atoms with Crippen molar-refractivity contribution in [3.63, 3.8) is 0 Å². The summed E-state index contributed by atoms with van der Waals surface area (Å²) in [7, 11) is 0. The maximum absolute atomic E-state index is 10.6. The standard InChI is InChI=1S/C23H33NO4.C2H2/c1-4-5-9-24-10-8-23-17(15(24)3)11-16-12-26-13-27-20(16)22(23)28-21-18(25)7-6-14(2)19(21)23;1-2/h6-7,15-17,20,22,25H,4-5,8-13H2,1-3H3;1-2H/t15?,16?,17?,20?,22-,23?;/m0./s1. The van der Waals surface area contributed by atoms with Crippen LogP contribution in [0.25, 0.3) is 0 Å². The van der Waals surface area contributed by atoms with Gasteiger partial charge in [0.2, 0.25) is 0 Å². The van der Waals surface area contributed by atoms with E-state index in [1.54, 1.807) is 6.07 Å². The van der Waals surface area contributed by atoms with E-state index in [0.29, 0.717) is 30.4 Å². The highest BCUT2D eigenvalue weighted by molar-refractivity contribution is 5.58. The number of likely N-dealkylation sites (tertiary alicyclic amines) is 1. The van der Waals surface area contributed by atoms with Gasteiger partial charge in [-0.3, -0.25) is 0 Å². The van der Waals surface area contributed by atoms with Gasteiger partial charge in [-0.05, 0) is 63.7 Å². The molecule has 6 atom stereocenters. The Morgan fingerprint density at radius 2 is 2.10 bits per heavy atom. The summed E-state index contributed by atoms with van der Waals surface area (Å²) >= 11 is 0. The van der Waals surface area contributed by atoms with Crippen LogP contribution in [0.15, 0.2) is 12.1 Å². The third-order valence-corrected chi connectivity index (χ3v) is 7.99. The molecule has 0 radical (unpaired) electrons. The second-order valence-electron chi connectivity index (χ2n) is 9.29. The maximum Gasteiger partial charge on any atom is 0.165 e. The quantitative estimate of drug-likeness (QED) is 0.763. The lowest BCUT2D eigenvalue weighted by atomic mass is 9.53. The lowest BCUT2D eigenvalue weighted by Crippen LogP contribution is -2.67. The third kappa shape index (κ3) is 3.04. The maximum atomic E-state index is 10.6. The van der Waals surface area contributed by atoms with E-state index >= 15 is 0 Å². The summed E-state index contributed by atoms with van der Waals surface area (Å²) < 4.78 is 18.4. The zero-order valence-electron chi connectivity index (χ0n) is 18.5. The van der Waals surface area contributed by atoms with E-state index in [9.17, 15) is 5.11 Å². The molecule has 5 heteroatoms. The number of piperidine rings is 1. The van der Waals surface area contributed by atoms with Crippen LogP contribution in [0.1, 0.15) is 50.7 Å². The van der Waals surface area contributed by atoms with Crippen LogP contribution in [0.4, 0.5) is 0 Å².